The summed E-state index contributed by atoms with van der Waals surface area (Å²) in [7, 11) is 1.03. The number of alkyl halides is 3. The minimum atomic E-state index is -4.52. The Morgan fingerprint density at radius 2 is 2.09 bits per heavy atom. The highest BCUT2D eigenvalue weighted by molar-refractivity contribution is 5.00. The Kier molecular flexibility index (Phi) is 1.54. The van der Waals surface area contributed by atoms with Crippen LogP contribution in [0, 0.1) is 6.20 Å². The van der Waals surface area contributed by atoms with Crippen LogP contribution in [0.25, 0.3) is 0 Å². The molecule has 0 saturated heterocycles. The Hall–Kier alpha value is -1.20. The molecule has 1 radical (unpaired) electrons. The largest absolute Gasteiger partial charge is 0.433 e. The van der Waals surface area contributed by atoms with E-state index in [0.717, 1.165) is 7.05 Å². The first-order chi connectivity index (χ1) is 4.93. The zero-order valence-electron chi connectivity index (χ0n) is 5.49. The SMILES string of the molecule is Cn1c(C(F)(F)F)[c][nH]c1=O. The molecule has 3 nitrogen and oxygen atoms in total. The van der Waals surface area contributed by atoms with Gasteiger partial charge in [0.25, 0.3) is 0 Å². The number of halogens is 3. The fourth-order valence-corrected chi connectivity index (χ4v) is 0.643. The minimum Gasteiger partial charge on any atom is -0.304 e. The van der Waals surface area contributed by atoms with Crippen molar-refractivity contribution < 1.29 is 13.2 Å². The highest BCUT2D eigenvalue weighted by Gasteiger charge is 2.34. The van der Waals surface area contributed by atoms with Gasteiger partial charge in [0, 0.05) is 7.05 Å². The van der Waals surface area contributed by atoms with E-state index >= 15 is 0 Å². The number of nitrogens with one attached hydrogen (secondary N) is 1. The predicted octanol–water partition coefficient (Wildman–Crippen LogP) is 0.532. The number of nitrogens with zero attached hydrogens (tertiary/aromatic N) is 1. The summed E-state index contributed by atoms with van der Waals surface area (Å²) in [5.41, 5.74) is -1.92. The number of H-pyrrole nitrogens is 1. The van der Waals surface area contributed by atoms with Crippen LogP contribution in [0.1, 0.15) is 5.69 Å². The van der Waals surface area contributed by atoms with Crippen molar-refractivity contribution in [3.63, 3.8) is 0 Å². The normalized spacial score (nSPS) is 12.0. The lowest BCUT2D eigenvalue weighted by atomic mass is 10.5. The second-order valence-electron chi connectivity index (χ2n) is 1.96. The lowest BCUT2D eigenvalue weighted by Gasteiger charge is -2.03. The van der Waals surface area contributed by atoms with Crippen LogP contribution in [0.15, 0.2) is 4.79 Å². The number of hydrogen-bond donors (Lipinski definition) is 1. The number of hydrogen-bond acceptors (Lipinski definition) is 1. The molecule has 0 aliphatic rings. The minimum absolute atomic E-state index is 0.458. The summed E-state index contributed by atoms with van der Waals surface area (Å²) in [5.74, 6) is 0. The van der Waals surface area contributed by atoms with E-state index in [1.807, 2.05) is 0 Å². The fraction of sp³-hybridized carbons (Fsp3) is 0.400. The van der Waals surface area contributed by atoms with Gasteiger partial charge in [0.1, 0.15) is 0 Å². The average molecular weight is 165 g/mol. The molecule has 61 valence electrons. The van der Waals surface area contributed by atoms with E-state index in [2.05, 4.69) is 0 Å². The first kappa shape index (κ1) is 7.90. The van der Waals surface area contributed by atoms with E-state index in [9.17, 15) is 18.0 Å². The van der Waals surface area contributed by atoms with Crippen LogP contribution in [0.2, 0.25) is 0 Å². The molecule has 0 bridgehead atoms. The van der Waals surface area contributed by atoms with E-state index in [-0.39, 0.29) is 0 Å². The van der Waals surface area contributed by atoms with Gasteiger partial charge in [-0.05, 0) is 0 Å². The molecule has 0 atom stereocenters. The van der Waals surface area contributed by atoms with Crippen molar-refractivity contribution in [1.82, 2.24) is 9.55 Å². The first-order valence-corrected chi connectivity index (χ1v) is 2.67. The zero-order valence-corrected chi connectivity index (χ0v) is 5.49. The second kappa shape index (κ2) is 2.14. The monoisotopic (exact) mass is 165 g/mol. The molecule has 0 amide bonds. The molecule has 0 unspecified atom stereocenters. The van der Waals surface area contributed by atoms with Gasteiger partial charge < -0.3 is 4.98 Å². The van der Waals surface area contributed by atoms with Crippen LogP contribution in [-0.4, -0.2) is 9.55 Å². The topological polar surface area (TPSA) is 37.8 Å². The number of aromatic amines is 1. The van der Waals surface area contributed by atoms with Gasteiger partial charge in [-0.2, -0.15) is 13.2 Å². The smallest absolute Gasteiger partial charge is 0.304 e. The first-order valence-electron chi connectivity index (χ1n) is 2.67. The number of aromatic nitrogens is 2. The lowest BCUT2D eigenvalue weighted by Crippen LogP contribution is -2.19. The van der Waals surface area contributed by atoms with Crippen LogP contribution in [0.4, 0.5) is 13.2 Å². The molecule has 0 aliphatic carbocycles. The lowest BCUT2D eigenvalue weighted by molar-refractivity contribution is -0.143. The Morgan fingerprint density at radius 1 is 1.55 bits per heavy atom. The van der Waals surface area contributed by atoms with Crippen molar-refractivity contribution in [3.8, 4) is 0 Å². The highest BCUT2D eigenvalue weighted by Crippen LogP contribution is 2.26. The van der Waals surface area contributed by atoms with Crippen LogP contribution in [0.3, 0.4) is 0 Å². The molecule has 1 aromatic heterocycles. The Labute approximate surface area is 59.5 Å². The third-order valence-electron chi connectivity index (χ3n) is 1.20. The maximum Gasteiger partial charge on any atom is 0.433 e. The summed E-state index contributed by atoms with van der Waals surface area (Å²) < 4.78 is 36.0. The van der Waals surface area contributed by atoms with Crippen molar-refractivity contribution >= 4 is 0 Å². The number of imidazole rings is 1. The molecule has 6 heteroatoms. The van der Waals surface area contributed by atoms with Crippen molar-refractivity contribution in [2.45, 2.75) is 6.18 Å². The van der Waals surface area contributed by atoms with Crippen molar-refractivity contribution in [2.75, 3.05) is 0 Å². The molecule has 1 rings (SSSR count). The van der Waals surface area contributed by atoms with E-state index < -0.39 is 17.6 Å². The Morgan fingerprint density at radius 3 is 2.27 bits per heavy atom. The van der Waals surface area contributed by atoms with E-state index in [4.69, 9.17) is 0 Å². The molecule has 1 aromatic rings. The van der Waals surface area contributed by atoms with Crippen molar-refractivity contribution in [2.24, 2.45) is 7.05 Å². The fourth-order valence-electron chi connectivity index (χ4n) is 0.643. The van der Waals surface area contributed by atoms with Gasteiger partial charge in [-0.3, -0.25) is 4.57 Å². The average Bonchev–Trinajstić information content (AvgIpc) is 2.11. The van der Waals surface area contributed by atoms with Gasteiger partial charge in [0.15, 0.2) is 5.69 Å². The van der Waals surface area contributed by atoms with E-state index in [0.29, 0.717) is 4.57 Å². The molecule has 1 N–H and O–H groups in total. The molecular weight excluding hydrogens is 161 g/mol. The highest BCUT2D eigenvalue weighted by atomic mass is 19.4. The van der Waals surface area contributed by atoms with Gasteiger partial charge in [-0.1, -0.05) is 0 Å². The third-order valence-corrected chi connectivity index (χ3v) is 1.20. The molecule has 0 aliphatic heterocycles. The molecule has 0 aromatic carbocycles. The van der Waals surface area contributed by atoms with Gasteiger partial charge in [0.2, 0.25) is 0 Å². The standard InChI is InChI=1S/C5H4F3N2O/c1-10-3(5(6,7)8)2-9-4(10)11/h1H3,(H,9,11). The molecular formula is C5H4F3N2O. The van der Waals surface area contributed by atoms with Gasteiger partial charge in [0.05, 0.1) is 6.20 Å². The van der Waals surface area contributed by atoms with Crippen molar-refractivity contribution in [3.05, 3.63) is 22.4 Å². The predicted molar refractivity (Wildman–Crippen MR) is 29.9 cm³/mol. The quantitative estimate of drug-likeness (QED) is 0.598. The molecule has 0 saturated carbocycles. The van der Waals surface area contributed by atoms with Crippen LogP contribution >= 0.6 is 0 Å². The number of rotatable bonds is 0. The summed E-state index contributed by atoms with van der Waals surface area (Å²) >= 11 is 0. The Balaban J connectivity index is 3.26. The van der Waals surface area contributed by atoms with E-state index in [1.165, 1.54) is 0 Å². The Bertz CT molecular complexity index is 308. The molecule has 0 spiro atoms. The maximum atomic E-state index is 11.9. The van der Waals surface area contributed by atoms with Crippen LogP contribution in [-0.2, 0) is 13.2 Å². The van der Waals surface area contributed by atoms with Crippen molar-refractivity contribution in [1.29, 1.82) is 0 Å². The second-order valence-corrected chi connectivity index (χ2v) is 1.96. The molecule has 1 heterocycles. The summed E-state index contributed by atoms with van der Waals surface area (Å²) in [6.45, 7) is 0. The van der Waals surface area contributed by atoms with Crippen LogP contribution in [0.5, 0.6) is 0 Å². The molecule has 11 heavy (non-hydrogen) atoms. The van der Waals surface area contributed by atoms with Gasteiger partial charge >= 0.3 is 11.9 Å². The summed E-state index contributed by atoms with van der Waals surface area (Å²) in [4.78, 5) is 12.3. The summed E-state index contributed by atoms with van der Waals surface area (Å²) in [6, 6.07) is 0. The third kappa shape index (κ3) is 1.28. The zero-order chi connectivity index (χ0) is 8.65. The van der Waals surface area contributed by atoms with E-state index in [1.54, 1.807) is 11.2 Å². The van der Waals surface area contributed by atoms with Gasteiger partial charge in [-0.25, -0.2) is 4.79 Å². The summed E-state index contributed by atoms with van der Waals surface area (Å²) in [6.07, 6.45) is -2.81. The maximum absolute atomic E-state index is 11.9. The molecule has 0 fully saturated rings. The van der Waals surface area contributed by atoms with Gasteiger partial charge in [-0.15, -0.1) is 0 Å². The van der Waals surface area contributed by atoms with Crippen LogP contribution < -0.4 is 5.69 Å². The summed E-state index contributed by atoms with van der Waals surface area (Å²) in [5, 5.41) is 0.